The Kier molecular flexibility index (Phi) is 7.77. The van der Waals surface area contributed by atoms with Gasteiger partial charge in [-0.25, -0.2) is 4.98 Å². The zero-order valence-corrected chi connectivity index (χ0v) is 18.2. The summed E-state index contributed by atoms with van der Waals surface area (Å²) in [5.74, 6) is 0.834. The van der Waals surface area contributed by atoms with Crippen molar-refractivity contribution in [3.63, 3.8) is 0 Å². The van der Waals surface area contributed by atoms with Gasteiger partial charge in [0.2, 0.25) is 0 Å². The Hall–Kier alpha value is -1.06. The molecule has 2 N–H and O–H groups in total. The zero-order chi connectivity index (χ0) is 16.9. The second-order valence-corrected chi connectivity index (χ2v) is 7.22. The second-order valence-electron chi connectivity index (χ2n) is 5.84. The fourth-order valence-corrected chi connectivity index (χ4v) is 3.73. The summed E-state index contributed by atoms with van der Waals surface area (Å²) in [6.45, 7) is 4.74. The molecule has 136 valence electrons. The highest BCUT2D eigenvalue weighted by Crippen LogP contribution is 2.23. The molecule has 0 bridgehead atoms. The number of guanidine groups is 1. The normalized spacial score (nSPS) is 17.3. The van der Waals surface area contributed by atoms with Crippen LogP contribution in [0.1, 0.15) is 17.0 Å². The van der Waals surface area contributed by atoms with Gasteiger partial charge in [0.25, 0.3) is 0 Å². The number of aliphatic imine (C=N–C) groups is 1. The van der Waals surface area contributed by atoms with Crippen LogP contribution in [0.4, 0.5) is 5.69 Å². The number of nitrogens with zero attached hydrogens (tertiary/aromatic N) is 3. The van der Waals surface area contributed by atoms with Gasteiger partial charge in [0.1, 0.15) is 0 Å². The predicted molar refractivity (Wildman–Crippen MR) is 118 cm³/mol. The van der Waals surface area contributed by atoms with Crippen LogP contribution in [-0.4, -0.2) is 37.1 Å². The largest absolute Gasteiger partial charge is 0.369 e. The van der Waals surface area contributed by atoms with Crippen LogP contribution in [0.2, 0.25) is 5.02 Å². The first-order valence-corrected chi connectivity index (χ1v) is 9.28. The number of thiazole rings is 1. The quantitative estimate of drug-likeness (QED) is 0.389. The van der Waals surface area contributed by atoms with Gasteiger partial charge < -0.3 is 15.5 Å². The molecule has 1 fully saturated rings. The van der Waals surface area contributed by atoms with Crippen molar-refractivity contribution >= 4 is 58.6 Å². The van der Waals surface area contributed by atoms with Gasteiger partial charge in [-0.3, -0.25) is 4.99 Å². The van der Waals surface area contributed by atoms with Crippen molar-refractivity contribution in [3.05, 3.63) is 45.4 Å². The molecule has 1 aromatic carbocycles. The molecule has 8 heteroatoms. The highest BCUT2D eigenvalue weighted by Gasteiger charge is 2.23. The number of benzene rings is 1. The van der Waals surface area contributed by atoms with Crippen molar-refractivity contribution in [2.75, 3.05) is 25.0 Å². The van der Waals surface area contributed by atoms with Gasteiger partial charge >= 0.3 is 0 Å². The van der Waals surface area contributed by atoms with Crippen molar-refractivity contribution in [3.8, 4) is 0 Å². The van der Waals surface area contributed by atoms with E-state index in [0.717, 1.165) is 42.7 Å². The maximum atomic E-state index is 6.09. The van der Waals surface area contributed by atoms with E-state index in [1.54, 1.807) is 18.4 Å². The smallest absolute Gasteiger partial charge is 0.191 e. The Balaban J connectivity index is 0.00000225. The molecule has 0 amide bonds. The van der Waals surface area contributed by atoms with E-state index < -0.39 is 0 Å². The Labute approximate surface area is 174 Å². The van der Waals surface area contributed by atoms with Gasteiger partial charge in [-0.2, -0.15) is 0 Å². The van der Waals surface area contributed by atoms with E-state index in [9.17, 15) is 0 Å². The fourth-order valence-electron chi connectivity index (χ4n) is 2.83. The van der Waals surface area contributed by atoms with Gasteiger partial charge in [0.15, 0.2) is 5.96 Å². The molecule has 1 saturated heterocycles. The average molecular weight is 492 g/mol. The molecule has 1 aliphatic heterocycles. The van der Waals surface area contributed by atoms with Gasteiger partial charge in [-0.05, 0) is 31.5 Å². The van der Waals surface area contributed by atoms with E-state index in [-0.39, 0.29) is 24.0 Å². The molecule has 0 radical (unpaired) electrons. The minimum atomic E-state index is 0. The SMILES string of the molecule is CN=C(NCc1scnc1C)NC1CCN(c2cccc(Cl)c2)C1.I. The number of rotatable bonds is 4. The lowest BCUT2D eigenvalue weighted by Crippen LogP contribution is -2.44. The first-order chi connectivity index (χ1) is 11.7. The molecule has 1 unspecified atom stereocenters. The van der Waals surface area contributed by atoms with E-state index >= 15 is 0 Å². The highest BCUT2D eigenvalue weighted by molar-refractivity contribution is 14.0. The summed E-state index contributed by atoms with van der Waals surface area (Å²) in [5.41, 5.74) is 4.13. The Morgan fingerprint density at radius 2 is 2.32 bits per heavy atom. The number of halogens is 2. The molecular formula is C17H23ClIN5S. The lowest BCUT2D eigenvalue weighted by Gasteiger charge is -2.20. The molecule has 2 aromatic rings. The molecule has 1 aromatic heterocycles. The van der Waals surface area contributed by atoms with Crippen molar-refractivity contribution in [1.82, 2.24) is 15.6 Å². The van der Waals surface area contributed by atoms with E-state index in [4.69, 9.17) is 11.6 Å². The first kappa shape index (κ1) is 20.3. The summed E-state index contributed by atoms with van der Waals surface area (Å²) in [5, 5.41) is 7.66. The Bertz CT molecular complexity index is 721. The number of nitrogens with one attached hydrogen (secondary N) is 2. The van der Waals surface area contributed by atoms with Gasteiger partial charge in [-0.1, -0.05) is 17.7 Å². The van der Waals surface area contributed by atoms with Crippen LogP contribution in [0.3, 0.4) is 0 Å². The minimum Gasteiger partial charge on any atom is -0.369 e. The Morgan fingerprint density at radius 3 is 3.00 bits per heavy atom. The topological polar surface area (TPSA) is 52.6 Å². The predicted octanol–water partition coefficient (Wildman–Crippen LogP) is 3.67. The van der Waals surface area contributed by atoms with Gasteiger partial charge in [0, 0.05) is 41.8 Å². The summed E-state index contributed by atoms with van der Waals surface area (Å²) in [4.78, 5) is 12.2. The van der Waals surface area contributed by atoms with Crippen molar-refractivity contribution < 1.29 is 0 Å². The van der Waals surface area contributed by atoms with Crippen molar-refractivity contribution in [1.29, 1.82) is 0 Å². The monoisotopic (exact) mass is 491 g/mol. The third-order valence-electron chi connectivity index (χ3n) is 4.19. The molecular weight excluding hydrogens is 469 g/mol. The lowest BCUT2D eigenvalue weighted by atomic mass is 10.2. The maximum absolute atomic E-state index is 6.09. The highest BCUT2D eigenvalue weighted by atomic mass is 127. The molecule has 0 spiro atoms. The van der Waals surface area contributed by atoms with Crippen LogP contribution in [0.15, 0.2) is 34.8 Å². The molecule has 0 saturated carbocycles. The van der Waals surface area contributed by atoms with Crippen LogP contribution in [0.25, 0.3) is 0 Å². The van der Waals surface area contributed by atoms with Crippen LogP contribution >= 0.6 is 46.9 Å². The number of aryl methyl sites for hydroxylation is 1. The number of hydrogen-bond donors (Lipinski definition) is 2. The Morgan fingerprint density at radius 1 is 1.48 bits per heavy atom. The summed E-state index contributed by atoms with van der Waals surface area (Å²) in [7, 11) is 1.80. The zero-order valence-electron chi connectivity index (χ0n) is 14.3. The van der Waals surface area contributed by atoms with Gasteiger partial charge in [-0.15, -0.1) is 35.3 Å². The minimum absolute atomic E-state index is 0. The first-order valence-electron chi connectivity index (χ1n) is 8.02. The standard InChI is InChI=1S/C17H22ClN5S.HI/c1-12-16(24-11-21-12)9-20-17(19-2)22-14-6-7-23(10-14)15-5-3-4-13(18)8-15;/h3-5,8,11,14H,6-7,9-10H2,1-2H3,(H2,19,20,22);1H. The summed E-state index contributed by atoms with van der Waals surface area (Å²) < 4.78 is 0. The van der Waals surface area contributed by atoms with E-state index in [1.165, 1.54) is 10.6 Å². The second kappa shape index (κ2) is 9.59. The lowest BCUT2D eigenvalue weighted by molar-refractivity contribution is 0.649. The molecule has 3 rings (SSSR count). The summed E-state index contributed by atoms with van der Waals surface area (Å²) >= 11 is 7.76. The molecule has 2 heterocycles. The van der Waals surface area contributed by atoms with Crippen molar-refractivity contribution in [2.24, 2.45) is 4.99 Å². The molecule has 1 aliphatic rings. The molecule has 1 atom stereocenters. The fraction of sp³-hybridized carbons (Fsp3) is 0.412. The number of hydrogen-bond acceptors (Lipinski definition) is 4. The van der Waals surface area contributed by atoms with E-state index in [0.29, 0.717) is 6.04 Å². The third-order valence-corrected chi connectivity index (χ3v) is 5.36. The van der Waals surface area contributed by atoms with E-state index in [2.05, 4.69) is 31.6 Å². The van der Waals surface area contributed by atoms with Crippen LogP contribution in [0.5, 0.6) is 0 Å². The summed E-state index contributed by atoms with van der Waals surface area (Å²) in [6, 6.07) is 8.40. The molecule has 5 nitrogen and oxygen atoms in total. The van der Waals surface area contributed by atoms with Crippen LogP contribution < -0.4 is 15.5 Å². The summed E-state index contributed by atoms with van der Waals surface area (Å²) in [6.07, 6.45) is 1.08. The molecule has 0 aliphatic carbocycles. The number of aromatic nitrogens is 1. The van der Waals surface area contributed by atoms with Crippen LogP contribution in [0, 0.1) is 6.92 Å². The molecule has 25 heavy (non-hydrogen) atoms. The maximum Gasteiger partial charge on any atom is 0.191 e. The van der Waals surface area contributed by atoms with Gasteiger partial charge in [0.05, 0.1) is 17.7 Å². The third kappa shape index (κ3) is 5.46. The average Bonchev–Trinajstić information content (AvgIpc) is 3.20. The van der Waals surface area contributed by atoms with E-state index in [1.807, 2.05) is 30.6 Å². The van der Waals surface area contributed by atoms with Crippen molar-refractivity contribution in [2.45, 2.75) is 25.9 Å². The van der Waals surface area contributed by atoms with Crippen LogP contribution in [-0.2, 0) is 6.54 Å². The number of anilines is 1.